The van der Waals surface area contributed by atoms with E-state index in [1.807, 2.05) is 167 Å². The van der Waals surface area contributed by atoms with Crippen LogP contribution in [-0.2, 0) is 70.1 Å². The van der Waals surface area contributed by atoms with Crippen molar-refractivity contribution in [2.45, 2.75) is 224 Å². The van der Waals surface area contributed by atoms with Gasteiger partial charge in [0.05, 0.1) is 54.4 Å². The molecule has 16 rings (SSSR count). The van der Waals surface area contributed by atoms with Gasteiger partial charge in [0.2, 0.25) is 17.6 Å². The maximum Gasteiger partial charge on any atom is 0.459 e. The number of ether oxygens (including phenoxy) is 9. The van der Waals surface area contributed by atoms with Crippen LogP contribution in [0.25, 0.3) is 65.8 Å². The number of rotatable bonds is 38. The van der Waals surface area contributed by atoms with Gasteiger partial charge in [-0.1, -0.05) is 142 Å². The smallest absolute Gasteiger partial charge is 0.459 e. The summed E-state index contributed by atoms with van der Waals surface area (Å²) in [6.45, 7) is 16.8. The van der Waals surface area contributed by atoms with E-state index in [0.717, 1.165) is 54.7 Å². The molecule has 6 aromatic carbocycles. The van der Waals surface area contributed by atoms with Crippen molar-refractivity contribution >= 4 is 175 Å². The third-order valence-electron chi connectivity index (χ3n) is 23.6. The molecule has 748 valence electrons. The minimum atomic E-state index is -4.35. The van der Waals surface area contributed by atoms with Crippen LogP contribution >= 0.6 is 91.0 Å². The lowest BCUT2D eigenvalue weighted by Crippen LogP contribution is -2.45. The largest absolute Gasteiger partial charge is 0.479 e. The Hall–Kier alpha value is -8.76. The number of halogens is 3. The Labute approximate surface area is 840 Å². The molecule has 12 aromatic rings. The van der Waals surface area contributed by atoms with E-state index in [1.54, 1.807) is 67.8 Å². The van der Waals surface area contributed by atoms with E-state index in [0.29, 0.717) is 91.5 Å². The average molecular weight is 2320 g/mol. The maximum atomic E-state index is 14.4. The van der Waals surface area contributed by atoms with Gasteiger partial charge in [0, 0.05) is 83.9 Å². The molecular formula is C91H111I3N15O27P3. The first kappa shape index (κ1) is 106. The van der Waals surface area contributed by atoms with Crippen LogP contribution in [0.5, 0.6) is 34.9 Å². The van der Waals surface area contributed by atoms with Gasteiger partial charge in [-0.25, -0.2) is 43.6 Å². The van der Waals surface area contributed by atoms with Gasteiger partial charge < -0.3 is 86.8 Å². The number of nitrogens with one attached hydrogen (secondary N) is 3. The fourth-order valence-corrected chi connectivity index (χ4v) is 22.6. The Morgan fingerprint density at radius 2 is 0.734 bits per heavy atom. The van der Waals surface area contributed by atoms with Crippen LogP contribution in [-0.4, -0.2) is 239 Å². The summed E-state index contributed by atoms with van der Waals surface area (Å²) in [5.41, 5.74) is -3.54. The summed E-state index contributed by atoms with van der Waals surface area (Å²) >= 11 is 5.91. The number of aryl methyl sites for hydroxylation is 3. The number of nitrogens with zero attached hydrogens (tertiary/aromatic N) is 12. The van der Waals surface area contributed by atoms with E-state index in [4.69, 9.17) is 69.8 Å². The number of hydrogen-bond acceptors (Lipinski definition) is 36. The number of aliphatic hydroxyl groups is 6. The Balaban J connectivity index is 0.000000166. The molecule has 3 saturated heterocycles. The molecule has 0 spiro atoms. The van der Waals surface area contributed by atoms with Crippen LogP contribution in [0.3, 0.4) is 0 Å². The maximum absolute atomic E-state index is 14.4. The number of hydrogen-bond donors (Lipinski definition) is 9. The highest BCUT2D eigenvalue weighted by molar-refractivity contribution is 14.1. The molecule has 0 radical (unpaired) electrons. The van der Waals surface area contributed by atoms with Crippen LogP contribution in [0.1, 0.15) is 143 Å². The molecule has 3 aliphatic heterocycles. The van der Waals surface area contributed by atoms with E-state index in [9.17, 15) is 58.7 Å². The molecule has 3 unspecified atom stereocenters. The standard InChI is InChI=1S/C31H39IN5O9P.C30H35IN5O9P.C30H37IN5O9P/c1-6-7-10-16-43-28(39)18(2)36-47(41,46-22-15-11-13-20-12-8-9-14-21(20)22)44-17-23-25(38)31(4,40)29(45-23)37-26-24(35-30(37)32)27(42-5)34-19(3)33-26;1-16(27(38)43-19-11-8-12-19)35-46(40,45-21-14-7-10-18-9-5-6-13-20(18)21)42-15-22-24(37)30(3,39)28(44-22)36-25-23(34-29(36)31)26(41-4)33-17(2)32-25;1-6-7-15-42-27(38)17(2)35-46(40,45-21-14-10-12-19-11-8-9-13-20(19)21)43-16-22-24(37)30(4,39)28(44-22)36-25-23(34-29(36)31)26(41-5)33-18(3)32-25/h8-9,11-15,18,23,25,29,38,40H,6-7,10,16-17H2,1-5H3,(H,36,41);5-7,9-10,13-14,16,19,22,24,28,37,39H,8,11-12,15H2,1-4H3,(H,35,40);8-14,17,22,24,28,37,39H,6-7,15-16H2,1-5H3,(H,35,40)/t18-,23+,25+,29+,31+,47?;16-,22+,24+,28+,30+,46?;17-,22+,24+,28+,30+,46?/m000/s1. The SMILES string of the molecule is CCCCCOC(=O)[C@H](C)NP(=O)(OC[C@H]1O[C@@H](n2c(I)nc3c(OC)nc(C)nc32)[C@](C)(O)[C@@H]1O)Oc1cccc2ccccc12.CCCCOC(=O)[C@H](C)NP(=O)(OC[C@H]1O[C@@H](n2c(I)nc3c(OC)nc(C)nc32)[C@](C)(O)[C@@H]1O)Oc1cccc2ccccc12.COc1nc(C)nc2c1nc(I)n2[C@@H]1O[C@H](COP(=O)(N[C@@H](C)C(=O)OC2CCC2)Oc2cccc3ccccc23)[C@@H](O)[C@@]1(C)O. The lowest BCUT2D eigenvalue weighted by Gasteiger charge is -2.29. The molecule has 139 heavy (non-hydrogen) atoms. The molecule has 4 aliphatic rings. The van der Waals surface area contributed by atoms with Crippen molar-refractivity contribution in [1.29, 1.82) is 0 Å². The lowest BCUT2D eigenvalue weighted by molar-refractivity contribution is -0.154. The first-order valence-electron chi connectivity index (χ1n) is 44.9. The third-order valence-corrected chi connectivity index (χ3v) is 30.8. The van der Waals surface area contributed by atoms with Gasteiger partial charge in [0.15, 0.2) is 63.7 Å². The summed E-state index contributed by atoms with van der Waals surface area (Å²) in [4.78, 5) is 78.1. The number of fused-ring (bicyclic) bond motifs is 6. The molecule has 18 atom stereocenters. The average Bonchev–Trinajstić information content (AvgIpc) is 1.59. The topological polar surface area (TPSA) is 529 Å². The van der Waals surface area contributed by atoms with Crippen molar-refractivity contribution in [3.05, 3.63) is 156 Å². The molecule has 1 saturated carbocycles. The number of benzene rings is 6. The van der Waals surface area contributed by atoms with Gasteiger partial charge in [-0.2, -0.15) is 30.2 Å². The molecule has 4 fully saturated rings. The van der Waals surface area contributed by atoms with Gasteiger partial charge in [0.25, 0.3) is 0 Å². The number of aliphatic hydroxyl groups excluding tert-OH is 3. The van der Waals surface area contributed by atoms with Crippen LogP contribution < -0.4 is 43.0 Å². The molecule has 48 heteroatoms. The van der Waals surface area contributed by atoms with Crippen molar-refractivity contribution in [2.75, 3.05) is 54.4 Å². The van der Waals surface area contributed by atoms with Gasteiger partial charge in [-0.3, -0.25) is 41.7 Å². The second-order valence-electron chi connectivity index (χ2n) is 34.2. The number of methoxy groups -OCH3 is 3. The van der Waals surface area contributed by atoms with Crippen LogP contribution in [0.4, 0.5) is 0 Å². The zero-order chi connectivity index (χ0) is 100.0. The normalized spacial score (nSPS) is 23.9. The zero-order valence-corrected chi connectivity index (χ0v) is 87.6. The summed E-state index contributed by atoms with van der Waals surface area (Å²) in [6, 6.07) is 34.7. The highest BCUT2D eigenvalue weighted by atomic mass is 127. The number of unbranched alkanes of at least 4 members (excludes halogenated alkanes) is 3. The zero-order valence-electron chi connectivity index (χ0n) is 78.4. The van der Waals surface area contributed by atoms with Crippen LogP contribution in [0, 0.1) is 32.3 Å². The van der Waals surface area contributed by atoms with Crippen molar-refractivity contribution in [3.63, 3.8) is 0 Å². The van der Waals surface area contributed by atoms with Crippen LogP contribution in [0.15, 0.2) is 127 Å². The second kappa shape index (κ2) is 45.0. The predicted molar refractivity (Wildman–Crippen MR) is 532 cm³/mol. The number of carbonyl (C=O) groups is 3. The van der Waals surface area contributed by atoms with E-state index in [-0.39, 0.29) is 54.2 Å². The minimum Gasteiger partial charge on any atom is -0.479 e. The summed E-state index contributed by atoms with van der Waals surface area (Å²) in [6.07, 6.45) is -5.11. The fraction of sp³-hybridized carbons (Fsp3) is 0.473. The first-order chi connectivity index (χ1) is 66.2. The van der Waals surface area contributed by atoms with E-state index >= 15 is 0 Å². The minimum absolute atomic E-state index is 0.173. The number of esters is 3. The van der Waals surface area contributed by atoms with Gasteiger partial charge in [-0.05, 0) is 129 Å². The fourth-order valence-electron chi connectivity index (χ4n) is 15.9. The second-order valence-corrected chi connectivity index (χ2v) is 42.2. The van der Waals surface area contributed by atoms with Gasteiger partial charge >= 0.3 is 41.1 Å². The molecule has 1 aliphatic carbocycles. The van der Waals surface area contributed by atoms with Gasteiger partial charge in [0.1, 0.15) is 112 Å². The molecule has 0 bridgehead atoms. The van der Waals surface area contributed by atoms with Crippen molar-refractivity contribution in [1.82, 2.24) is 73.8 Å². The number of imidazole rings is 3. The molecule has 9 heterocycles. The first-order valence-corrected chi connectivity index (χ1v) is 52.7. The third kappa shape index (κ3) is 23.7. The summed E-state index contributed by atoms with van der Waals surface area (Å²) < 4.78 is 135. The Morgan fingerprint density at radius 1 is 0.439 bits per heavy atom. The molecule has 0 amide bonds. The quantitative estimate of drug-likeness (QED) is 0.00433. The Kier molecular flexibility index (Phi) is 34.4. The van der Waals surface area contributed by atoms with Gasteiger partial charge in [-0.15, -0.1) is 0 Å². The van der Waals surface area contributed by atoms with Crippen molar-refractivity contribution in [2.24, 2.45) is 0 Å². The number of carbonyl (C=O) groups excluding carboxylic acids is 3. The molecule has 6 aromatic heterocycles. The van der Waals surface area contributed by atoms with Crippen molar-refractivity contribution < 1.29 is 128 Å². The van der Waals surface area contributed by atoms with E-state index in [1.165, 1.54) is 72.0 Å². The van der Waals surface area contributed by atoms with E-state index in [2.05, 4.69) is 60.1 Å². The van der Waals surface area contributed by atoms with Crippen molar-refractivity contribution in [3.8, 4) is 34.9 Å². The Bertz CT molecular complexity index is 6580. The lowest BCUT2D eigenvalue weighted by atomic mass is 9.96. The predicted octanol–water partition coefficient (Wildman–Crippen LogP) is 13.4. The summed E-state index contributed by atoms with van der Waals surface area (Å²) in [7, 11) is -8.64. The highest BCUT2D eigenvalue weighted by Gasteiger charge is 2.58. The summed E-state index contributed by atoms with van der Waals surface area (Å²) in [5, 5.41) is 80.9. The Morgan fingerprint density at radius 3 is 1.03 bits per heavy atom. The molecular weight excluding hydrogens is 2210 g/mol. The monoisotopic (exact) mass is 2320 g/mol. The molecule has 42 nitrogen and oxygen atoms in total. The number of aromatic nitrogens is 12. The summed E-state index contributed by atoms with van der Waals surface area (Å²) in [5.74, 6) is 0.872. The highest BCUT2D eigenvalue weighted by Crippen LogP contribution is 2.54. The van der Waals surface area contributed by atoms with E-state index < -0.39 is 151 Å². The molecule has 9 N–H and O–H groups in total. The van der Waals surface area contributed by atoms with Crippen LogP contribution in [0.2, 0.25) is 0 Å².